The Bertz CT molecular complexity index is 547. The van der Waals surface area contributed by atoms with Gasteiger partial charge in [0.2, 0.25) is 5.91 Å². The summed E-state index contributed by atoms with van der Waals surface area (Å²) in [6.45, 7) is 4.03. The fraction of sp³-hybridized carbons (Fsp3) is 0.667. The van der Waals surface area contributed by atoms with Crippen LogP contribution in [0, 0.1) is 6.92 Å². The average Bonchev–Trinajstić information content (AvgIpc) is 3.19. The minimum atomic E-state index is -0.0232. The fourth-order valence-corrected chi connectivity index (χ4v) is 3.42. The molecule has 1 saturated carbocycles. The molecular formula is C15H22N4O2S. The summed E-state index contributed by atoms with van der Waals surface area (Å²) in [5.74, 6) is 0.107. The largest absolute Gasteiger partial charge is 0.352 e. The van der Waals surface area contributed by atoms with Gasteiger partial charge in [0, 0.05) is 25.2 Å². The molecule has 2 fully saturated rings. The second-order valence-corrected chi connectivity index (χ2v) is 6.99. The van der Waals surface area contributed by atoms with Crippen LogP contribution in [-0.4, -0.2) is 53.4 Å². The van der Waals surface area contributed by atoms with E-state index in [0.717, 1.165) is 44.5 Å². The predicted octanol–water partition coefficient (Wildman–Crippen LogP) is 0.924. The molecule has 2 aliphatic rings. The highest BCUT2D eigenvalue weighted by Crippen LogP contribution is 2.19. The van der Waals surface area contributed by atoms with Crippen molar-refractivity contribution in [3.8, 4) is 0 Å². The van der Waals surface area contributed by atoms with Crippen molar-refractivity contribution in [2.75, 3.05) is 19.6 Å². The lowest BCUT2D eigenvalue weighted by Gasteiger charge is -2.31. The smallest absolute Gasteiger partial charge is 0.263 e. The van der Waals surface area contributed by atoms with E-state index in [4.69, 9.17) is 0 Å². The number of carbonyl (C=O) groups is 2. The maximum atomic E-state index is 12.2. The van der Waals surface area contributed by atoms with Gasteiger partial charge in [0.25, 0.3) is 5.91 Å². The quantitative estimate of drug-likeness (QED) is 0.845. The van der Waals surface area contributed by atoms with E-state index >= 15 is 0 Å². The monoisotopic (exact) mass is 322 g/mol. The topological polar surface area (TPSA) is 74.3 Å². The number of piperidine rings is 1. The molecule has 120 valence electrons. The molecule has 1 aromatic rings. The second kappa shape index (κ2) is 6.75. The van der Waals surface area contributed by atoms with Gasteiger partial charge in [-0.25, -0.2) is 4.98 Å². The molecule has 2 heterocycles. The van der Waals surface area contributed by atoms with Crippen LogP contribution in [0.15, 0.2) is 5.51 Å². The van der Waals surface area contributed by atoms with E-state index in [1.807, 2.05) is 6.92 Å². The van der Waals surface area contributed by atoms with Crippen LogP contribution in [0.1, 0.15) is 41.0 Å². The summed E-state index contributed by atoms with van der Waals surface area (Å²) < 4.78 is 0. The molecule has 1 aliphatic carbocycles. The molecule has 2 amide bonds. The van der Waals surface area contributed by atoms with Crippen LogP contribution in [0.3, 0.4) is 0 Å². The minimum absolute atomic E-state index is 0.0232. The SMILES string of the molecule is Cc1ncsc1C(=O)NC1CCN(CC(=O)NC2CC2)CC1. The lowest BCUT2D eigenvalue weighted by molar-refractivity contribution is -0.122. The highest BCUT2D eigenvalue weighted by atomic mass is 32.1. The first kappa shape index (κ1) is 15.4. The summed E-state index contributed by atoms with van der Waals surface area (Å²) in [6.07, 6.45) is 4.02. The minimum Gasteiger partial charge on any atom is -0.352 e. The van der Waals surface area contributed by atoms with E-state index in [0.29, 0.717) is 17.5 Å². The molecule has 3 rings (SSSR count). The van der Waals surface area contributed by atoms with Gasteiger partial charge >= 0.3 is 0 Å². The van der Waals surface area contributed by atoms with Crippen LogP contribution in [0.25, 0.3) is 0 Å². The normalized spacial score (nSPS) is 19.9. The second-order valence-electron chi connectivity index (χ2n) is 6.13. The summed E-state index contributed by atoms with van der Waals surface area (Å²) in [5.41, 5.74) is 2.49. The molecular weight excluding hydrogens is 300 g/mol. The lowest BCUT2D eigenvalue weighted by atomic mass is 10.0. The van der Waals surface area contributed by atoms with Crippen LogP contribution in [-0.2, 0) is 4.79 Å². The molecule has 22 heavy (non-hydrogen) atoms. The zero-order valence-corrected chi connectivity index (χ0v) is 13.6. The molecule has 2 N–H and O–H groups in total. The molecule has 7 heteroatoms. The van der Waals surface area contributed by atoms with Crippen molar-refractivity contribution in [1.29, 1.82) is 0 Å². The lowest BCUT2D eigenvalue weighted by Crippen LogP contribution is -2.47. The third kappa shape index (κ3) is 4.04. The van der Waals surface area contributed by atoms with Crippen LogP contribution in [0.4, 0.5) is 0 Å². The van der Waals surface area contributed by atoms with E-state index in [-0.39, 0.29) is 17.9 Å². The van der Waals surface area contributed by atoms with E-state index < -0.39 is 0 Å². The number of nitrogens with zero attached hydrogens (tertiary/aromatic N) is 2. The van der Waals surface area contributed by atoms with Gasteiger partial charge < -0.3 is 10.6 Å². The van der Waals surface area contributed by atoms with Crippen molar-refractivity contribution in [2.24, 2.45) is 0 Å². The van der Waals surface area contributed by atoms with Crippen molar-refractivity contribution in [1.82, 2.24) is 20.5 Å². The Kier molecular flexibility index (Phi) is 4.73. The first-order valence-electron chi connectivity index (χ1n) is 7.84. The van der Waals surface area contributed by atoms with E-state index in [1.165, 1.54) is 11.3 Å². The van der Waals surface area contributed by atoms with Gasteiger partial charge in [-0.3, -0.25) is 14.5 Å². The van der Waals surface area contributed by atoms with Crippen molar-refractivity contribution in [3.63, 3.8) is 0 Å². The molecule has 1 saturated heterocycles. The third-order valence-corrected chi connectivity index (χ3v) is 5.11. The molecule has 0 radical (unpaired) electrons. The number of carbonyl (C=O) groups excluding carboxylic acids is 2. The highest BCUT2D eigenvalue weighted by Gasteiger charge is 2.26. The highest BCUT2D eigenvalue weighted by molar-refractivity contribution is 7.11. The number of likely N-dealkylation sites (tertiary alicyclic amines) is 1. The van der Waals surface area contributed by atoms with Gasteiger partial charge in [-0.2, -0.15) is 0 Å². The molecule has 0 spiro atoms. The summed E-state index contributed by atoms with van der Waals surface area (Å²) in [4.78, 5) is 30.9. The Balaban J connectivity index is 1.40. The van der Waals surface area contributed by atoms with E-state index in [1.54, 1.807) is 5.51 Å². The number of nitrogens with one attached hydrogen (secondary N) is 2. The Morgan fingerprint density at radius 2 is 1.91 bits per heavy atom. The van der Waals surface area contributed by atoms with Gasteiger partial charge in [0.05, 0.1) is 17.7 Å². The van der Waals surface area contributed by atoms with Crippen molar-refractivity contribution < 1.29 is 9.59 Å². The standard InChI is InChI=1S/C15H22N4O2S/c1-10-14(22-9-16-10)15(21)18-12-4-6-19(7-5-12)8-13(20)17-11-2-3-11/h9,11-12H,2-8H2,1H3,(H,17,20)(H,18,21). The van der Waals surface area contributed by atoms with Gasteiger partial charge in [0.15, 0.2) is 0 Å². The maximum Gasteiger partial charge on any atom is 0.263 e. The molecule has 6 nitrogen and oxygen atoms in total. The molecule has 0 bridgehead atoms. The zero-order valence-electron chi connectivity index (χ0n) is 12.8. The zero-order chi connectivity index (χ0) is 15.5. The van der Waals surface area contributed by atoms with Gasteiger partial charge in [0.1, 0.15) is 4.88 Å². The van der Waals surface area contributed by atoms with Gasteiger partial charge in [-0.15, -0.1) is 11.3 Å². The van der Waals surface area contributed by atoms with Crippen LogP contribution in [0.2, 0.25) is 0 Å². The first-order valence-corrected chi connectivity index (χ1v) is 8.72. The molecule has 1 aliphatic heterocycles. The summed E-state index contributed by atoms with van der Waals surface area (Å²) in [5, 5.41) is 6.10. The average molecular weight is 322 g/mol. The maximum absolute atomic E-state index is 12.2. The molecule has 0 aromatic carbocycles. The number of aryl methyl sites for hydroxylation is 1. The van der Waals surface area contributed by atoms with Gasteiger partial charge in [-0.1, -0.05) is 0 Å². The Morgan fingerprint density at radius 3 is 2.50 bits per heavy atom. The van der Waals surface area contributed by atoms with E-state index in [9.17, 15) is 9.59 Å². The predicted molar refractivity (Wildman–Crippen MR) is 84.9 cm³/mol. The van der Waals surface area contributed by atoms with Crippen LogP contribution in [0.5, 0.6) is 0 Å². The molecule has 0 unspecified atom stereocenters. The Morgan fingerprint density at radius 1 is 1.23 bits per heavy atom. The number of hydrogen-bond donors (Lipinski definition) is 2. The summed E-state index contributed by atoms with van der Waals surface area (Å²) in [7, 11) is 0. The number of hydrogen-bond acceptors (Lipinski definition) is 5. The number of rotatable bonds is 5. The summed E-state index contributed by atoms with van der Waals surface area (Å²) in [6, 6.07) is 0.615. The first-order chi connectivity index (χ1) is 10.6. The number of thiazole rings is 1. The van der Waals surface area contributed by atoms with Crippen molar-refractivity contribution in [3.05, 3.63) is 16.1 Å². The van der Waals surface area contributed by atoms with Crippen LogP contribution < -0.4 is 10.6 Å². The Labute approximate surface area is 134 Å². The van der Waals surface area contributed by atoms with Crippen LogP contribution >= 0.6 is 11.3 Å². The Hall–Kier alpha value is -1.47. The van der Waals surface area contributed by atoms with Crippen molar-refractivity contribution in [2.45, 2.75) is 44.7 Å². The molecule has 1 aromatic heterocycles. The summed E-state index contributed by atoms with van der Waals surface area (Å²) >= 11 is 1.38. The third-order valence-electron chi connectivity index (χ3n) is 4.18. The molecule has 0 atom stereocenters. The fourth-order valence-electron chi connectivity index (χ4n) is 2.71. The number of amides is 2. The van der Waals surface area contributed by atoms with Gasteiger partial charge in [-0.05, 0) is 32.6 Å². The number of aromatic nitrogens is 1. The van der Waals surface area contributed by atoms with E-state index in [2.05, 4.69) is 20.5 Å². The van der Waals surface area contributed by atoms with Crippen molar-refractivity contribution >= 4 is 23.2 Å².